The summed E-state index contributed by atoms with van der Waals surface area (Å²) in [6, 6.07) is 5.91. The van der Waals surface area contributed by atoms with E-state index >= 15 is 0 Å². The van der Waals surface area contributed by atoms with E-state index in [0.717, 1.165) is 18.4 Å². The van der Waals surface area contributed by atoms with Gasteiger partial charge in [0.15, 0.2) is 0 Å². The van der Waals surface area contributed by atoms with Crippen molar-refractivity contribution in [3.8, 4) is 0 Å². The fraction of sp³-hybridized carbons (Fsp3) is 0.538. The van der Waals surface area contributed by atoms with Crippen LogP contribution in [-0.4, -0.2) is 5.11 Å². The van der Waals surface area contributed by atoms with E-state index in [1.54, 1.807) is 0 Å². The summed E-state index contributed by atoms with van der Waals surface area (Å²) in [4.78, 5) is 0. The first-order chi connectivity index (χ1) is 6.92. The van der Waals surface area contributed by atoms with Crippen LogP contribution in [0.1, 0.15) is 38.3 Å². The molecule has 0 aliphatic rings. The summed E-state index contributed by atoms with van der Waals surface area (Å²) < 4.78 is 0. The summed E-state index contributed by atoms with van der Waals surface area (Å²) in [6.45, 7) is 6.71. The van der Waals surface area contributed by atoms with Gasteiger partial charge < -0.3 is 5.11 Å². The van der Waals surface area contributed by atoms with Crippen LogP contribution in [0.3, 0.4) is 0 Å². The molecule has 1 rings (SSSR count). The van der Waals surface area contributed by atoms with Crippen LogP contribution in [0.5, 0.6) is 0 Å². The normalized spacial score (nSPS) is 11.8. The first kappa shape index (κ1) is 12.5. The molecular weight excluding hydrogens is 208 g/mol. The number of benzene rings is 1. The van der Waals surface area contributed by atoms with Crippen LogP contribution in [-0.2, 0) is 13.0 Å². The van der Waals surface area contributed by atoms with Gasteiger partial charge in [-0.15, -0.1) is 0 Å². The quantitative estimate of drug-likeness (QED) is 0.831. The molecule has 0 radical (unpaired) electrons. The van der Waals surface area contributed by atoms with E-state index in [4.69, 9.17) is 16.7 Å². The van der Waals surface area contributed by atoms with E-state index < -0.39 is 0 Å². The standard InChI is InChI=1S/C13H19ClO/c1-13(2,3)7-6-10-4-5-11(9-15)12(14)8-10/h4-5,8,15H,6-7,9H2,1-3H3. The van der Waals surface area contributed by atoms with Crippen molar-refractivity contribution in [2.45, 2.75) is 40.2 Å². The lowest BCUT2D eigenvalue weighted by Crippen LogP contribution is -2.06. The van der Waals surface area contributed by atoms with E-state index in [9.17, 15) is 0 Å². The highest BCUT2D eigenvalue weighted by Crippen LogP contribution is 2.24. The summed E-state index contributed by atoms with van der Waals surface area (Å²) in [7, 11) is 0. The highest BCUT2D eigenvalue weighted by molar-refractivity contribution is 6.31. The van der Waals surface area contributed by atoms with Gasteiger partial charge in [0.2, 0.25) is 0 Å². The van der Waals surface area contributed by atoms with Gasteiger partial charge in [-0.05, 0) is 35.4 Å². The minimum atomic E-state index is 0.0123. The van der Waals surface area contributed by atoms with Crippen molar-refractivity contribution in [1.29, 1.82) is 0 Å². The Morgan fingerprint density at radius 3 is 2.40 bits per heavy atom. The molecule has 0 aliphatic carbocycles. The molecule has 0 unspecified atom stereocenters. The van der Waals surface area contributed by atoms with Gasteiger partial charge in [0, 0.05) is 5.02 Å². The minimum absolute atomic E-state index is 0.0123. The van der Waals surface area contributed by atoms with Crippen molar-refractivity contribution in [1.82, 2.24) is 0 Å². The molecule has 0 heterocycles. The fourth-order valence-corrected chi connectivity index (χ4v) is 1.66. The second-order valence-electron chi connectivity index (χ2n) is 5.14. The van der Waals surface area contributed by atoms with Gasteiger partial charge in [0.05, 0.1) is 6.61 Å². The molecule has 0 fully saturated rings. The van der Waals surface area contributed by atoms with E-state index in [1.807, 2.05) is 18.2 Å². The molecule has 0 aromatic heterocycles. The average molecular weight is 227 g/mol. The molecule has 2 heteroatoms. The topological polar surface area (TPSA) is 20.2 Å². The van der Waals surface area contributed by atoms with Gasteiger partial charge in [-0.1, -0.05) is 44.5 Å². The van der Waals surface area contributed by atoms with Crippen LogP contribution in [0.2, 0.25) is 5.02 Å². The Balaban J connectivity index is 2.68. The molecule has 1 aromatic rings. The summed E-state index contributed by atoms with van der Waals surface area (Å²) in [5, 5.41) is 9.65. The predicted molar refractivity (Wildman–Crippen MR) is 65.2 cm³/mol. The molecule has 84 valence electrons. The Hall–Kier alpha value is -0.530. The van der Waals surface area contributed by atoms with Gasteiger partial charge in [0.1, 0.15) is 0 Å². The van der Waals surface area contributed by atoms with E-state index in [0.29, 0.717) is 10.4 Å². The van der Waals surface area contributed by atoms with E-state index in [-0.39, 0.29) is 6.61 Å². The molecule has 0 saturated carbocycles. The molecular formula is C13H19ClO. The highest BCUT2D eigenvalue weighted by atomic mass is 35.5. The number of rotatable bonds is 3. The maximum Gasteiger partial charge on any atom is 0.0696 e. The van der Waals surface area contributed by atoms with Gasteiger partial charge in [-0.25, -0.2) is 0 Å². The summed E-state index contributed by atoms with van der Waals surface area (Å²) in [5.41, 5.74) is 2.39. The number of aliphatic hydroxyl groups excluding tert-OH is 1. The zero-order chi connectivity index (χ0) is 11.5. The number of halogens is 1. The number of aliphatic hydroxyl groups is 1. The van der Waals surface area contributed by atoms with Gasteiger partial charge in [-0.2, -0.15) is 0 Å². The van der Waals surface area contributed by atoms with Crippen LogP contribution < -0.4 is 0 Å². The lowest BCUT2D eigenvalue weighted by molar-refractivity contribution is 0.282. The zero-order valence-electron chi connectivity index (χ0n) is 9.68. The maximum atomic E-state index is 8.98. The number of hydrogen-bond donors (Lipinski definition) is 1. The van der Waals surface area contributed by atoms with Crippen LogP contribution in [0.25, 0.3) is 0 Å². The Morgan fingerprint density at radius 1 is 1.27 bits per heavy atom. The van der Waals surface area contributed by atoms with Crippen molar-refractivity contribution in [2.75, 3.05) is 0 Å². The monoisotopic (exact) mass is 226 g/mol. The maximum absolute atomic E-state index is 8.98. The second-order valence-corrected chi connectivity index (χ2v) is 5.55. The first-order valence-electron chi connectivity index (χ1n) is 5.30. The van der Waals surface area contributed by atoms with Crippen LogP contribution in [0.15, 0.2) is 18.2 Å². The van der Waals surface area contributed by atoms with E-state index in [1.165, 1.54) is 5.56 Å². The molecule has 0 spiro atoms. The summed E-state index contributed by atoms with van der Waals surface area (Å²) in [5.74, 6) is 0. The van der Waals surface area contributed by atoms with Gasteiger partial charge >= 0.3 is 0 Å². The van der Waals surface area contributed by atoms with Gasteiger partial charge in [-0.3, -0.25) is 0 Å². The lowest BCUT2D eigenvalue weighted by Gasteiger charge is -2.17. The third-order valence-corrected chi connectivity index (χ3v) is 2.80. The fourth-order valence-electron chi connectivity index (χ4n) is 1.39. The third kappa shape index (κ3) is 4.23. The van der Waals surface area contributed by atoms with Crippen molar-refractivity contribution >= 4 is 11.6 Å². The Labute approximate surface area is 97.1 Å². The van der Waals surface area contributed by atoms with Crippen LogP contribution in [0, 0.1) is 5.41 Å². The predicted octanol–water partition coefficient (Wildman–Crippen LogP) is 3.81. The SMILES string of the molecule is CC(C)(C)CCc1ccc(CO)c(Cl)c1. The molecule has 0 amide bonds. The molecule has 0 aliphatic heterocycles. The second kappa shape index (κ2) is 5.00. The largest absolute Gasteiger partial charge is 0.392 e. The van der Waals surface area contributed by atoms with Crippen LogP contribution in [0.4, 0.5) is 0 Å². The van der Waals surface area contributed by atoms with E-state index in [2.05, 4.69) is 20.8 Å². The average Bonchev–Trinajstić information content (AvgIpc) is 2.14. The van der Waals surface area contributed by atoms with Crippen molar-refractivity contribution in [3.63, 3.8) is 0 Å². The highest BCUT2D eigenvalue weighted by Gasteiger charge is 2.10. The smallest absolute Gasteiger partial charge is 0.0696 e. The molecule has 0 bridgehead atoms. The summed E-state index contributed by atoms with van der Waals surface area (Å²) in [6.07, 6.45) is 2.18. The molecule has 0 saturated heterocycles. The zero-order valence-corrected chi connectivity index (χ0v) is 10.4. The van der Waals surface area contributed by atoms with Gasteiger partial charge in [0.25, 0.3) is 0 Å². The number of hydrogen-bond acceptors (Lipinski definition) is 1. The Morgan fingerprint density at radius 2 is 1.93 bits per heavy atom. The molecule has 1 aromatic carbocycles. The summed E-state index contributed by atoms with van der Waals surface area (Å²) >= 11 is 6.02. The number of aryl methyl sites for hydroxylation is 1. The lowest BCUT2D eigenvalue weighted by atomic mass is 9.88. The first-order valence-corrected chi connectivity index (χ1v) is 5.68. The Bertz CT molecular complexity index is 326. The van der Waals surface area contributed by atoms with Crippen molar-refractivity contribution in [2.24, 2.45) is 5.41 Å². The minimum Gasteiger partial charge on any atom is -0.392 e. The Kier molecular flexibility index (Phi) is 4.18. The molecule has 1 nitrogen and oxygen atoms in total. The third-order valence-electron chi connectivity index (χ3n) is 2.45. The molecule has 0 atom stereocenters. The molecule has 1 N–H and O–H groups in total. The van der Waals surface area contributed by atoms with Crippen molar-refractivity contribution in [3.05, 3.63) is 34.3 Å². The van der Waals surface area contributed by atoms with Crippen molar-refractivity contribution < 1.29 is 5.11 Å². The van der Waals surface area contributed by atoms with Crippen LogP contribution >= 0.6 is 11.6 Å². The molecule has 15 heavy (non-hydrogen) atoms.